The molecule has 0 aromatic carbocycles. The highest BCUT2D eigenvalue weighted by Crippen LogP contribution is 2.28. The van der Waals surface area contributed by atoms with E-state index in [1.54, 1.807) is 17.3 Å². The van der Waals surface area contributed by atoms with Crippen LogP contribution in [0.2, 0.25) is 0 Å². The molecule has 7 nitrogen and oxygen atoms in total. The minimum absolute atomic E-state index is 0.0530. The number of nitrogens with zero attached hydrogens (tertiary/aromatic N) is 5. The van der Waals surface area contributed by atoms with Crippen LogP contribution in [0.3, 0.4) is 0 Å². The molecule has 0 aliphatic carbocycles. The third kappa shape index (κ3) is 3.13. The molecule has 0 N–H and O–H groups in total. The Morgan fingerprint density at radius 2 is 2.17 bits per heavy atom. The van der Waals surface area contributed by atoms with Crippen molar-refractivity contribution in [3.63, 3.8) is 0 Å². The van der Waals surface area contributed by atoms with Crippen LogP contribution < -0.4 is 0 Å². The molecule has 3 heterocycles. The molecular weight excluding hydrogens is 294 g/mol. The maximum Gasteiger partial charge on any atom is 0.227 e. The lowest BCUT2D eigenvalue weighted by molar-refractivity contribution is -0.136. The molecule has 7 heteroatoms. The number of carbonyl (C=O) groups excluding carboxylic acids is 2. The third-order valence-electron chi connectivity index (χ3n) is 4.83. The highest BCUT2D eigenvalue weighted by molar-refractivity contribution is 5.89. The van der Waals surface area contributed by atoms with Gasteiger partial charge in [-0.1, -0.05) is 6.08 Å². The van der Waals surface area contributed by atoms with Crippen molar-refractivity contribution in [1.29, 1.82) is 0 Å². The first-order valence-electron chi connectivity index (χ1n) is 8.11. The van der Waals surface area contributed by atoms with Gasteiger partial charge in [0, 0.05) is 45.6 Å². The number of piperidine rings is 1. The normalized spacial score (nSPS) is 22.7. The zero-order valence-electron chi connectivity index (χ0n) is 13.5. The predicted octanol–water partition coefficient (Wildman–Crippen LogP) is 0.556. The topological polar surface area (TPSA) is 71.3 Å². The van der Waals surface area contributed by atoms with Crippen LogP contribution >= 0.6 is 0 Å². The summed E-state index contributed by atoms with van der Waals surface area (Å²) in [4.78, 5) is 28.2. The smallest absolute Gasteiger partial charge is 0.227 e. The Labute approximate surface area is 136 Å². The van der Waals surface area contributed by atoms with Crippen LogP contribution in [0.5, 0.6) is 0 Å². The Bertz CT molecular complexity index is 603. The second-order valence-corrected chi connectivity index (χ2v) is 6.39. The van der Waals surface area contributed by atoms with E-state index in [2.05, 4.69) is 16.8 Å². The van der Waals surface area contributed by atoms with Crippen molar-refractivity contribution < 1.29 is 9.59 Å². The Morgan fingerprint density at radius 3 is 2.78 bits per heavy atom. The van der Waals surface area contributed by atoms with Crippen molar-refractivity contribution in [3.8, 4) is 0 Å². The predicted molar refractivity (Wildman–Crippen MR) is 84.4 cm³/mol. The fourth-order valence-corrected chi connectivity index (χ4v) is 3.55. The van der Waals surface area contributed by atoms with Crippen LogP contribution in [0.4, 0.5) is 0 Å². The van der Waals surface area contributed by atoms with Crippen molar-refractivity contribution in [2.75, 3.05) is 26.2 Å². The van der Waals surface area contributed by atoms with E-state index in [0.29, 0.717) is 25.4 Å². The molecule has 0 bridgehead atoms. The summed E-state index contributed by atoms with van der Waals surface area (Å²) in [7, 11) is 1.95. The van der Waals surface area contributed by atoms with Crippen LogP contribution in [0.1, 0.15) is 31.0 Å². The maximum absolute atomic E-state index is 12.6. The summed E-state index contributed by atoms with van der Waals surface area (Å²) in [6.07, 6.45) is 5.54. The molecule has 2 amide bonds. The highest BCUT2D eigenvalue weighted by atomic mass is 16.2. The summed E-state index contributed by atoms with van der Waals surface area (Å²) in [5.74, 6) is 1.31. The van der Waals surface area contributed by atoms with Gasteiger partial charge in [-0.15, -0.1) is 16.8 Å². The Kier molecular flexibility index (Phi) is 4.45. The molecule has 1 aromatic heterocycles. The quantitative estimate of drug-likeness (QED) is 0.761. The molecule has 2 aliphatic rings. The summed E-state index contributed by atoms with van der Waals surface area (Å²) in [5, 5.41) is 8.11. The van der Waals surface area contributed by atoms with Gasteiger partial charge in [-0.3, -0.25) is 9.59 Å². The second-order valence-electron chi connectivity index (χ2n) is 6.39. The molecule has 0 spiro atoms. The number of amides is 2. The first-order valence-corrected chi connectivity index (χ1v) is 8.11. The third-order valence-corrected chi connectivity index (χ3v) is 4.83. The standard InChI is InChI=1S/C16H23N5O2/c1-3-6-21-10-13(9-14(21)22)16(23)20-7-4-12(5-8-20)15-18-17-11-19(15)2/h3,11-13H,1,4-10H2,2H3. The van der Waals surface area contributed by atoms with E-state index in [1.165, 1.54) is 0 Å². The molecule has 23 heavy (non-hydrogen) atoms. The van der Waals surface area contributed by atoms with Crippen LogP contribution in [0.15, 0.2) is 19.0 Å². The largest absolute Gasteiger partial charge is 0.342 e. The van der Waals surface area contributed by atoms with Gasteiger partial charge in [0.2, 0.25) is 11.8 Å². The lowest BCUT2D eigenvalue weighted by Gasteiger charge is -2.33. The van der Waals surface area contributed by atoms with Crippen LogP contribution in [-0.2, 0) is 16.6 Å². The fourth-order valence-electron chi connectivity index (χ4n) is 3.55. The van der Waals surface area contributed by atoms with E-state index in [1.807, 2.05) is 16.5 Å². The molecule has 2 fully saturated rings. The molecule has 1 unspecified atom stereocenters. The molecule has 3 rings (SSSR count). The van der Waals surface area contributed by atoms with E-state index >= 15 is 0 Å². The molecule has 1 atom stereocenters. The number of hydrogen-bond acceptors (Lipinski definition) is 4. The minimum Gasteiger partial charge on any atom is -0.342 e. The van der Waals surface area contributed by atoms with E-state index in [0.717, 1.165) is 31.8 Å². The van der Waals surface area contributed by atoms with E-state index in [9.17, 15) is 9.59 Å². The molecule has 2 saturated heterocycles. The minimum atomic E-state index is -0.200. The van der Waals surface area contributed by atoms with Crippen molar-refractivity contribution in [2.45, 2.75) is 25.2 Å². The van der Waals surface area contributed by atoms with Crippen LogP contribution in [-0.4, -0.2) is 62.6 Å². The lowest BCUT2D eigenvalue weighted by atomic mass is 9.94. The summed E-state index contributed by atoms with van der Waals surface area (Å²) in [5.41, 5.74) is 0. The van der Waals surface area contributed by atoms with Gasteiger partial charge in [0.05, 0.1) is 5.92 Å². The molecule has 1 aromatic rings. The second kappa shape index (κ2) is 6.52. The van der Waals surface area contributed by atoms with Gasteiger partial charge in [-0.05, 0) is 12.8 Å². The van der Waals surface area contributed by atoms with Crippen LogP contribution in [0, 0.1) is 5.92 Å². The SMILES string of the molecule is C=CCN1CC(C(=O)N2CCC(c3nncn3C)CC2)CC1=O. The number of carbonyl (C=O) groups is 2. The Hall–Kier alpha value is -2.18. The van der Waals surface area contributed by atoms with Gasteiger partial charge in [-0.2, -0.15) is 0 Å². The number of hydrogen-bond donors (Lipinski definition) is 0. The monoisotopic (exact) mass is 317 g/mol. The van der Waals surface area contributed by atoms with Crippen molar-refractivity contribution in [1.82, 2.24) is 24.6 Å². The first kappa shape index (κ1) is 15.7. The number of likely N-dealkylation sites (tertiary alicyclic amines) is 2. The summed E-state index contributed by atoms with van der Waals surface area (Å²) in [6, 6.07) is 0. The van der Waals surface area contributed by atoms with Gasteiger partial charge in [0.25, 0.3) is 0 Å². The molecule has 0 radical (unpaired) electrons. The average molecular weight is 317 g/mol. The summed E-state index contributed by atoms with van der Waals surface area (Å²) in [6.45, 7) is 6.15. The van der Waals surface area contributed by atoms with Gasteiger partial charge < -0.3 is 14.4 Å². The van der Waals surface area contributed by atoms with Gasteiger partial charge in [-0.25, -0.2) is 0 Å². The van der Waals surface area contributed by atoms with E-state index in [4.69, 9.17) is 0 Å². The van der Waals surface area contributed by atoms with Gasteiger partial charge in [0.1, 0.15) is 12.2 Å². The molecule has 124 valence electrons. The molecular formula is C16H23N5O2. The van der Waals surface area contributed by atoms with E-state index < -0.39 is 0 Å². The molecule has 0 saturated carbocycles. The average Bonchev–Trinajstić information content (AvgIpc) is 3.14. The lowest BCUT2D eigenvalue weighted by Crippen LogP contribution is -2.42. The number of rotatable bonds is 4. The summed E-state index contributed by atoms with van der Waals surface area (Å²) >= 11 is 0. The van der Waals surface area contributed by atoms with Crippen molar-refractivity contribution in [2.24, 2.45) is 13.0 Å². The zero-order valence-corrected chi connectivity index (χ0v) is 13.5. The first-order chi connectivity index (χ1) is 11.1. The van der Waals surface area contributed by atoms with Gasteiger partial charge >= 0.3 is 0 Å². The van der Waals surface area contributed by atoms with Crippen molar-refractivity contribution >= 4 is 11.8 Å². The van der Waals surface area contributed by atoms with Crippen LogP contribution in [0.25, 0.3) is 0 Å². The Morgan fingerprint density at radius 1 is 1.43 bits per heavy atom. The molecule has 2 aliphatic heterocycles. The van der Waals surface area contributed by atoms with Gasteiger partial charge in [0.15, 0.2) is 0 Å². The summed E-state index contributed by atoms with van der Waals surface area (Å²) < 4.78 is 1.95. The number of aryl methyl sites for hydroxylation is 1. The van der Waals surface area contributed by atoms with E-state index in [-0.39, 0.29) is 17.7 Å². The fraction of sp³-hybridized carbons (Fsp3) is 0.625. The van der Waals surface area contributed by atoms with Crippen molar-refractivity contribution in [3.05, 3.63) is 24.8 Å². The maximum atomic E-state index is 12.6. The highest BCUT2D eigenvalue weighted by Gasteiger charge is 2.37. The number of aromatic nitrogens is 3. The zero-order chi connectivity index (χ0) is 16.4. The Balaban J connectivity index is 1.56.